The summed E-state index contributed by atoms with van der Waals surface area (Å²) in [6.45, 7) is 4.57. The largest absolute Gasteiger partial charge is 0.756 e. The molecule has 0 aromatic rings. The fourth-order valence-electron chi connectivity index (χ4n) is 7.13. The molecule has 0 radical (unpaired) electrons. The third kappa shape index (κ3) is 44.6. The molecule has 1 amide bonds. The summed E-state index contributed by atoms with van der Waals surface area (Å²) in [7, 11) is 1.24. The van der Waals surface area contributed by atoms with Gasteiger partial charge in [-0.2, -0.15) is 0 Å². The Balaban J connectivity index is 4.10. The molecule has 2 N–H and O–H groups in total. The summed E-state index contributed by atoms with van der Waals surface area (Å²) in [5, 5.41) is 13.7. The van der Waals surface area contributed by atoms with E-state index in [0.717, 1.165) is 44.9 Å². The zero-order chi connectivity index (χ0) is 43.6. The van der Waals surface area contributed by atoms with Gasteiger partial charge in [-0.1, -0.05) is 211 Å². The van der Waals surface area contributed by atoms with Crippen LogP contribution in [0.1, 0.15) is 226 Å². The summed E-state index contributed by atoms with van der Waals surface area (Å²) in [6, 6.07) is -0.904. The molecule has 0 aliphatic rings. The molecule has 0 aromatic carbocycles. The first-order chi connectivity index (χ1) is 28.5. The average molecular weight is 853 g/mol. The van der Waals surface area contributed by atoms with Crippen molar-refractivity contribution in [2.45, 2.75) is 238 Å². The minimum Gasteiger partial charge on any atom is -0.756 e. The number of rotatable bonds is 45. The number of phosphoric ester groups is 1. The van der Waals surface area contributed by atoms with Crippen LogP contribution in [0.15, 0.2) is 36.5 Å². The minimum absolute atomic E-state index is 0.00844. The van der Waals surface area contributed by atoms with Gasteiger partial charge in [-0.05, 0) is 44.9 Å². The highest BCUT2D eigenvalue weighted by molar-refractivity contribution is 7.45. The normalized spacial score (nSPS) is 14.5. The molecule has 0 aliphatic heterocycles. The number of hydrogen-bond acceptors (Lipinski definition) is 6. The number of nitrogens with zero attached hydrogens (tertiary/aromatic N) is 1. The van der Waals surface area contributed by atoms with E-state index in [-0.39, 0.29) is 12.5 Å². The number of phosphoric acid groups is 1. The van der Waals surface area contributed by atoms with E-state index in [1.54, 1.807) is 6.08 Å². The Morgan fingerprint density at radius 3 is 1.37 bits per heavy atom. The summed E-state index contributed by atoms with van der Waals surface area (Å²) in [5.74, 6) is -0.219. The smallest absolute Gasteiger partial charge is 0.268 e. The Bertz CT molecular complexity index is 1060. The molecule has 0 aromatic heterocycles. The van der Waals surface area contributed by atoms with Gasteiger partial charge in [0.25, 0.3) is 7.82 Å². The number of hydrogen-bond donors (Lipinski definition) is 2. The van der Waals surface area contributed by atoms with Crippen molar-refractivity contribution in [1.29, 1.82) is 0 Å². The first-order valence-corrected chi connectivity index (χ1v) is 26.3. The Morgan fingerprint density at radius 2 is 0.949 bits per heavy atom. The van der Waals surface area contributed by atoms with Crippen LogP contribution >= 0.6 is 7.82 Å². The maximum atomic E-state index is 12.7. The van der Waals surface area contributed by atoms with E-state index in [0.29, 0.717) is 17.4 Å². The van der Waals surface area contributed by atoms with E-state index in [1.165, 1.54) is 161 Å². The molecule has 0 spiro atoms. The van der Waals surface area contributed by atoms with Gasteiger partial charge in [-0.15, -0.1) is 0 Å². The van der Waals surface area contributed by atoms with Crippen molar-refractivity contribution in [1.82, 2.24) is 5.32 Å². The maximum absolute atomic E-state index is 12.7. The van der Waals surface area contributed by atoms with Gasteiger partial charge in [-0.3, -0.25) is 9.36 Å². The highest BCUT2D eigenvalue weighted by atomic mass is 31.2. The third-order valence-corrected chi connectivity index (χ3v) is 12.0. The van der Waals surface area contributed by atoms with E-state index >= 15 is 0 Å². The fraction of sp³-hybridized carbons (Fsp3) is 0.860. The molecule has 59 heavy (non-hydrogen) atoms. The number of likely N-dealkylation sites (N-methyl/N-ethyl adjacent to an activating group) is 1. The zero-order valence-electron chi connectivity index (χ0n) is 39.5. The van der Waals surface area contributed by atoms with Crippen LogP contribution < -0.4 is 10.2 Å². The number of unbranched alkanes of at least 4 members (excludes halogenated alkanes) is 28. The Morgan fingerprint density at radius 1 is 0.576 bits per heavy atom. The number of nitrogens with one attached hydrogen (secondary N) is 1. The molecule has 0 saturated carbocycles. The summed E-state index contributed by atoms with van der Waals surface area (Å²) >= 11 is 0. The maximum Gasteiger partial charge on any atom is 0.268 e. The van der Waals surface area contributed by atoms with Gasteiger partial charge in [0.15, 0.2) is 0 Å². The van der Waals surface area contributed by atoms with Crippen molar-refractivity contribution in [2.75, 3.05) is 40.9 Å². The van der Waals surface area contributed by atoms with Crippen LogP contribution in [0.25, 0.3) is 0 Å². The number of aliphatic hydroxyl groups excluding tert-OH is 1. The second-order valence-corrected chi connectivity index (χ2v) is 19.6. The van der Waals surface area contributed by atoms with Gasteiger partial charge in [-0.25, -0.2) is 0 Å². The predicted molar refractivity (Wildman–Crippen MR) is 251 cm³/mol. The van der Waals surface area contributed by atoms with E-state index in [9.17, 15) is 19.4 Å². The van der Waals surface area contributed by atoms with Crippen molar-refractivity contribution in [2.24, 2.45) is 0 Å². The highest BCUT2D eigenvalue weighted by Gasteiger charge is 2.23. The van der Waals surface area contributed by atoms with Gasteiger partial charge in [0, 0.05) is 6.42 Å². The molecule has 0 rings (SSSR count). The third-order valence-electron chi connectivity index (χ3n) is 11.1. The van der Waals surface area contributed by atoms with E-state index < -0.39 is 26.6 Å². The van der Waals surface area contributed by atoms with Crippen molar-refractivity contribution in [3.63, 3.8) is 0 Å². The van der Waals surface area contributed by atoms with Crippen LogP contribution in [0.4, 0.5) is 0 Å². The lowest BCUT2D eigenvalue weighted by Crippen LogP contribution is -2.45. The number of carbonyl (C=O) groups excluding carboxylic acids is 1. The molecular formula is C50H97N2O6P. The summed E-state index contributed by atoms with van der Waals surface area (Å²) < 4.78 is 23.1. The van der Waals surface area contributed by atoms with Gasteiger partial charge in [0.2, 0.25) is 5.91 Å². The molecule has 3 unspecified atom stereocenters. The minimum atomic E-state index is -4.59. The van der Waals surface area contributed by atoms with Crippen molar-refractivity contribution < 1.29 is 32.9 Å². The zero-order valence-corrected chi connectivity index (χ0v) is 40.4. The van der Waals surface area contributed by atoms with Crippen molar-refractivity contribution in [3.8, 4) is 0 Å². The second kappa shape index (κ2) is 42.0. The van der Waals surface area contributed by atoms with Crippen molar-refractivity contribution in [3.05, 3.63) is 36.5 Å². The number of amides is 1. The number of aliphatic hydroxyl groups is 1. The Kier molecular flexibility index (Phi) is 41.1. The molecule has 8 nitrogen and oxygen atoms in total. The number of quaternary nitrogens is 1. The van der Waals surface area contributed by atoms with E-state index in [2.05, 4.69) is 43.5 Å². The van der Waals surface area contributed by atoms with Gasteiger partial charge in [0.1, 0.15) is 13.2 Å². The molecule has 348 valence electrons. The lowest BCUT2D eigenvalue weighted by Gasteiger charge is -2.29. The first-order valence-electron chi connectivity index (χ1n) is 24.9. The second-order valence-electron chi connectivity index (χ2n) is 18.2. The molecule has 0 bridgehead atoms. The van der Waals surface area contributed by atoms with Crippen LogP contribution in [-0.2, 0) is 18.4 Å². The Labute approximate surface area is 366 Å². The SMILES string of the molecule is CCCCCCCCCCCCCCCCCCCCCC/C=C/CC/C=C/CC/C=C/C(O)C(COP(=O)([O-])OCC[N+](C)(C)C)NC(=O)CCCCCCCCC. The van der Waals surface area contributed by atoms with Gasteiger partial charge in [0.05, 0.1) is 39.9 Å². The topological polar surface area (TPSA) is 108 Å². The summed E-state index contributed by atoms with van der Waals surface area (Å²) in [6.07, 6.45) is 52.6. The molecule has 0 fully saturated rings. The first kappa shape index (κ1) is 57.7. The fourth-order valence-corrected chi connectivity index (χ4v) is 7.85. The van der Waals surface area contributed by atoms with Crippen molar-refractivity contribution >= 4 is 13.7 Å². The molecule has 0 saturated heterocycles. The quantitative estimate of drug-likeness (QED) is 0.0273. The lowest BCUT2D eigenvalue weighted by atomic mass is 10.0. The molecule has 0 aliphatic carbocycles. The predicted octanol–water partition coefficient (Wildman–Crippen LogP) is 13.6. The standard InChI is InChI=1S/C50H97N2O6P/c1-6-8-10-12-14-15-16-17-18-19-20-21-22-23-24-25-26-27-28-29-30-31-32-33-34-35-36-38-39-41-43-49(53)48(47-58-59(55,56)57-46-45-52(3,4)5)51-50(54)44-42-40-37-13-11-9-7-2/h31-32,35-36,41,43,48-49,53H,6-30,33-34,37-40,42,44-47H2,1-5H3,(H-,51,54,55,56)/b32-31+,36-35+,43-41+. The van der Waals surface area contributed by atoms with Crippen LogP contribution in [0.3, 0.4) is 0 Å². The van der Waals surface area contributed by atoms with Gasteiger partial charge >= 0.3 is 0 Å². The number of carbonyl (C=O) groups is 1. The van der Waals surface area contributed by atoms with Crippen LogP contribution in [0.2, 0.25) is 0 Å². The van der Waals surface area contributed by atoms with E-state index in [1.807, 2.05) is 27.2 Å². The summed E-state index contributed by atoms with van der Waals surface area (Å²) in [5.41, 5.74) is 0. The molecule has 3 atom stereocenters. The monoisotopic (exact) mass is 853 g/mol. The molecule has 9 heteroatoms. The average Bonchev–Trinajstić information content (AvgIpc) is 3.19. The number of allylic oxidation sites excluding steroid dienone is 5. The van der Waals surface area contributed by atoms with E-state index in [4.69, 9.17) is 9.05 Å². The lowest BCUT2D eigenvalue weighted by molar-refractivity contribution is -0.870. The molecular weight excluding hydrogens is 756 g/mol. The molecule has 0 heterocycles. The highest BCUT2D eigenvalue weighted by Crippen LogP contribution is 2.38. The van der Waals surface area contributed by atoms with Crippen LogP contribution in [0, 0.1) is 0 Å². The van der Waals surface area contributed by atoms with Gasteiger partial charge < -0.3 is 28.8 Å². The Hall–Kier alpha value is -1.28. The van der Waals surface area contributed by atoms with Crippen LogP contribution in [-0.4, -0.2) is 68.5 Å². The van der Waals surface area contributed by atoms with Crippen LogP contribution in [0.5, 0.6) is 0 Å². The summed E-state index contributed by atoms with van der Waals surface area (Å²) in [4.78, 5) is 25.1.